The van der Waals surface area contributed by atoms with E-state index >= 15 is 0 Å². The quantitative estimate of drug-likeness (QED) is 0.566. The van der Waals surface area contributed by atoms with E-state index < -0.39 is 5.97 Å². The van der Waals surface area contributed by atoms with Crippen molar-refractivity contribution in [2.24, 2.45) is 0 Å². The van der Waals surface area contributed by atoms with Gasteiger partial charge in [0.15, 0.2) is 6.61 Å². The average molecular weight is 422 g/mol. The van der Waals surface area contributed by atoms with Crippen molar-refractivity contribution >= 4 is 23.2 Å². The summed E-state index contributed by atoms with van der Waals surface area (Å²) in [6, 6.07) is 19.7. The summed E-state index contributed by atoms with van der Waals surface area (Å²) in [4.78, 5) is 26.1. The smallest absolute Gasteiger partial charge is 0.348 e. The van der Waals surface area contributed by atoms with Crippen LogP contribution in [0.1, 0.15) is 34.1 Å². The van der Waals surface area contributed by atoms with E-state index in [0.29, 0.717) is 11.5 Å². The zero-order valence-corrected chi connectivity index (χ0v) is 17.5. The average Bonchev–Trinajstić information content (AvgIpc) is 3.22. The number of rotatable bonds is 7. The number of hydrogen-bond donors (Lipinski definition) is 1. The van der Waals surface area contributed by atoms with E-state index in [4.69, 9.17) is 9.47 Å². The Morgan fingerprint density at radius 1 is 1.13 bits per heavy atom. The van der Waals surface area contributed by atoms with Crippen molar-refractivity contribution in [3.05, 3.63) is 76.7 Å². The molecule has 1 aromatic heterocycles. The number of amides is 1. The standard InChI is InChI=1S/C24H23NO4S/c1-16(11-12-17-7-3-2-4-8-17)25-22(26)15-29-24(27)21-13-18-14-28-20-10-6-5-9-19(20)23(18)30-21/h2-10,13,16H,11-12,14-15H2,1H3,(H,25,26)/t16-/m1/s1. The molecule has 2 heterocycles. The van der Waals surface area contributed by atoms with Gasteiger partial charge in [0.05, 0.1) is 0 Å². The van der Waals surface area contributed by atoms with E-state index in [1.165, 1.54) is 16.9 Å². The molecule has 2 aromatic carbocycles. The second-order valence-electron chi connectivity index (χ2n) is 7.32. The molecule has 1 aliphatic rings. The van der Waals surface area contributed by atoms with Crippen molar-refractivity contribution < 1.29 is 19.1 Å². The van der Waals surface area contributed by atoms with Crippen LogP contribution in [0.15, 0.2) is 60.7 Å². The second-order valence-corrected chi connectivity index (χ2v) is 8.37. The summed E-state index contributed by atoms with van der Waals surface area (Å²) in [5, 5.41) is 2.89. The Morgan fingerprint density at radius 2 is 1.90 bits per heavy atom. The molecule has 154 valence electrons. The number of thiophene rings is 1. The molecule has 0 saturated heterocycles. The van der Waals surface area contributed by atoms with E-state index in [2.05, 4.69) is 17.4 Å². The fourth-order valence-electron chi connectivity index (χ4n) is 3.42. The largest absolute Gasteiger partial charge is 0.488 e. The van der Waals surface area contributed by atoms with Crippen molar-refractivity contribution in [2.45, 2.75) is 32.4 Å². The second kappa shape index (κ2) is 9.13. The maximum Gasteiger partial charge on any atom is 0.348 e. The third-order valence-electron chi connectivity index (χ3n) is 4.98. The summed E-state index contributed by atoms with van der Waals surface area (Å²) in [6.07, 6.45) is 1.70. The van der Waals surface area contributed by atoms with Crippen LogP contribution in [0.3, 0.4) is 0 Å². The van der Waals surface area contributed by atoms with E-state index in [9.17, 15) is 9.59 Å². The molecule has 1 amide bonds. The molecule has 3 aromatic rings. The Morgan fingerprint density at radius 3 is 2.73 bits per heavy atom. The lowest BCUT2D eigenvalue weighted by Crippen LogP contribution is -2.36. The van der Waals surface area contributed by atoms with E-state index in [-0.39, 0.29) is 18.6 Å². The number of esters is 1. The van der Waals surface area contributed by atoms with Gasteiger partial charge in [-0.25, -0.2) is 4.79 Å². The number of carbonyl (C=O) groups is 2. The molecule has 0 fully saturated rings. The van der Waals surface area contributed by atoms with Crippen molar-refractivity contribution in [1.29, 1.82) is 0 Å². The van der Waals surface area contributed by atoms with Crippen LogP contribution in [0.25, 0.3) is 10.4 Å². The predicted octanol–water partition coefficient (Wildman–Crippen LogP) is 4.60. The van der Waals surface area contributed by atoms with Gasteiger partial charge in [0.2, 0.25) is 0 Å². The van der Waals surface area contributed by atoms with Crippen LogP contribution in [0.4, 0.5) is 0 Å². The van der Waals surface area contributed by atoms with Gasteiger partial charge in [-0.15, -0.1) is 11.3 Å². The molecule has 0 bridgehead atoms. The highest BCUT2D eigenvalue weighted by atomic mass is 32.1. The lowest BCUT2D eigenvalue weighted by molar-refractivity contribution is -0.124. The monoisotopic (exact) mass is 421 g/mol. The molecule has 0 aliphatic carbocycles. The summed E-state index contributed by atoms with van der Waals surface area (Å²) in [5.41, 5.74) is 3.18. The molecule has 6 heteroatoms. The molecule has 1 N–H and O–H groups in total. The molecule has 1 atom stereocenters. The van der Waals surface area contributed by atoms with E-state index in [1.807, 2.05) is 49.4 Å². The zero-order chi connectivity index (χ0) is 20.9. The van der Waals surface area contributed by atoms with Gasteiger partial charge >= 0.3 is 5.97 Å². The predicted molar refractivity (Wildman–Crippen MR) is 117 cm³/mol. The summed E-state index contributed by atoms with van der Waals surface area (Å²) < 4.78 is 11.0. The third-order valence-corrected chi connectivity index (χ3v) is 6.17. The van der Waals surface area contributed by atoms with Crippen LogP contribution in [0.5, 0.6) is 5.75 Å². The zero-order valence-electron chi connectivity index (χ0n) is 16.7. The summed E-state index contributed by atoms with van der Waals surface area (Å²) >= 11 is 1.37. The van der Waals surface area contributed by atoms with Crippen LogP contribution in [0, 0.1) is 0 Å². The van der Waals surface area contributed by atoms with Crippen LogP contribution >= 0.6 is 11.3 Å². The van der Waals surface area contributed by atoms with Crippen molar-refractivity contribution in [1.82, 2.24) is 5.32 Å². The van der Waals surface area contributed by atoms with Gasteiger partial charge in [-0.1, -0.05) is 42.5 Å². The third kappa shape index (κ3) is 4.71. The number of fused-ring (bicyclic) bond motifs is 3. The molecule has 0 radical (unpaired) electrons. The first-order chi connectivity index (χ1) is 14.6. The number of aryl methyl sites for hydroxylation is 1. The van der Waals surface area contributed by atoms with Crippen molar-refractivity contribution in [2.75, 3.05) is 6.61 Å². The topological polar surface area (TPSA) is 64.6 Å². The van der Waals surface area contributed by atoms with Gasteiger partial charge in [0, 0.05) is 22.0 Å². The molecule has 0 saturated carbocycles. The Hall–Kier alpha value is -3.12. The molecule has 5 nitrogen and oxygen atoms in total. The van der Waals surface area contributed by atoms with Crippen LogP contribution in [-0.4, -0.2) is 24.5 Å². The lowest BCUT2D eigenvalue weighted by atomic mass is 10.1. The van der Waals surface area contributed by atoms with Gasteiger partial charge in [0.25, 0.3) is 5.91 Å². The number of carbonyl (C=O) groups excluding carboxylic acids is 2. The lowest BCUT2D eigenvalue weighted by Gasteiger charge is -2.16. The van der Waals surface area contributed by atoms with E-state index in [0.717, 1.165) is 34.6 Å². The molecule has 0 unspecified atom stereocenters. The molecular formula is C24H23NO4S. The summed E-state index contributed by atoms with van der Waals surface area (Å²) in [6.45, 7) is 2.09. The molecular weight excluding hydrogens is 398 g/mol. The fourth-order valence-corrected chi connectivity index (χ4v) is 4.51. The minimum Gasteiger partial charge on any atom is -0.488 e. The maximum absolute atomic E-state index is 12.4. The Balaban J connectivity index is 1.28. The Kier molecular flexibility index (Phi) is 6.14. The highest BCUT2D eigenvalue weighted by Gasteiger charge is 2.23. The van der Waals surface area contributed by atoms with Gasteiger partial charge in [-0.3, -0.25) is 4.79 Å². The number of benzene rings is 2. The van der Waals surface area contributed by atoms with E-state index in [1.54, 1.807) is 6.07 Å². The van der Waals surface area contributed by atoms with Crippen LogP contribution < -0.4 is 10.1 Å². The Labute approximate surface area is 179 Å². The van der Waals surface area contributed by atoms with Crippen LogP contribution in [-0.2, 0) is 22.6 Å². The minimum atomic E-state index is -0.487. The van der Waals surface area contributed by atoms with Crippen LogP contribution in [0.2, 0.25) is 0 Å². The molecule has 1 aliphatic heterocycles. The molecule has 30 heavy (non-hydrogen) atoms. The summed E-state index contributed by atoms with van der Waals surface area (Å²) in [7, 11) is 0. The SMILES string of the molecule is C[C@H](CCc1ccccc1)NC(=O)COC(=O)c1cc2c(s1)-c1ccccc1OC2. The van der Waals surface area contributed by atoms with Gasteiger partial charge < -0.3 is 14.8 Å². The highest BCUT2D eigenvalue weighted by Crippen LogP contribution is 2.42. The molecule has 0 spiro atoms. The maximum atomic E-state index is 12.4. The minimum absolute atomic E-state index is 0.000824. The highest BCUT2D eigenvalue weighted by molar-refractivity contribution is 7.17. The normalized spacial score (nSPS) is 12.8. The van der Waals surface area contributed by atoms with Gasteiger partial charge in [0.1, 0.15) is 17.2 Å². The fraction of sp³-hybridized carbons (Fsp3) is 0.250. The van der Waals surface area contributed by atoms with Crippen molar-refractivity contribution in [3.8, 4) is 16.2 Å². The first kappa shape index (κ1) is 20.2. The first-order valence-corrected chi connectivity index (χ1v) is 10.8. The number of nitrogens with one attached hydrogen (secondary N) is 1. The number of para-hydroxylation sites is 1. The Bertz CT molecular complexity index is 1040. The number of hydrogen-bond acceptors (Lipinski definition) is 5. The van der Waals surface area contributed by atoms with Gasteiger partial charge in [-0.05, 0) is 43.5 Å². The molecule has 4 rings (SSSR count). The summed E-state index contributed by atoms with van der Waals surface area (Å²) in [5.74, 6) is 0.0357. The van der Waals surface area contributed by atoms with Crippen molar-refractivity contribution in [3.63, 3.8) is 0 Å². The van der Waals surface area contributed by atoms with Gasteiger partial charge in [-0.2, -0.15) is 0 Å². The number of ether oxygens (including phenoxy) is 2. The first-order valence-electron chi connectivity index (χ1n) is 9.95.